The standard InChI is InChI=1S/C16H12IN3OS/c17-20-14-10-18-16(22-14)19-15(21)13-9-5-4-8-12(13)11-6-2-1-3-7-11/h1-10,20H,(H,18,19,21). The Hall–Kier alpha value is -1.93. The zero-order valence-corrected chi connectivity index (χ0v) is 14.4. The molecule has 0 unspecified atom stereocenters. The second kappa shape index (κ2) is 6.89. The molecule has 2 N–H and O–H groups in total. The summed E-state index contributed by atoms with van der Waals surface area (Å²) in [5, 5.41) is 4.32. The molecule has 1 aromatic heterocycles. The first kappa shape index (κ1) is 15.0. The van der Waals surface area contributed by atoms with Gasteiger partial charge in [0, 0.05) is 5.56 Å². The van der Waals surface area contributed by atoms with E-state index in [1.165, 1.54) is 11.3 Å². The first-order valence-corrected chi connectivity index (χ1v) is 8.46. The van der Waals surface area contributed by atoms with E-state index >= 15 is 0 Å². The highest BCUT2D eigenvalue weighted by molar-refractivity contribution is 14.1. The van der Waals surface area contributed by atoms with Gasteiger partial charge in [0.2, 0.25) is 0 Å². The average Bonchev–Trinajstić information content (AvgIpc) is 3.03. The number of rotatable bonds is 4. The Morgan fingerprint density at radius 1 is 1.05 bits per heavy atom. The van der Waals surface area contributed by atoms with E-state index < -0.39 is 0 Å². The van der Waals surface area contributed by atoms with Gasteiger partial charge in [-0.1, -0.05) is 59.9 Å². The van der Waals surface area contributed by atoms with Crippen LogP contribution in [-0.4, -0.2) is 10.9 Å². The summed E-state index contributed by atoms with van der Waals surface area (Å²) in [4.78, 5) is 16.7. The molecule has 6 heteroatoms. The Labute approximate surface area is 146 Å². The van der Waals surface area contributed by atoms with Crippen LogP contribution < -0.4 is 8.85 Å². The van der Waals surface area contributed by atoms with Gasteiger partial charge in [-0.25, -0.2) is 4.98 Å². The molecule has 0 aliphatic rings. The molecule has 22 heavy (non-hydrogen) atoms. The predicted octanol–water partition coefficient (Wildman–Crippen LogP) is 4.82. The van der Waals surface area contributed by atoms with Crippen molar-refractivity contribution in [1.29, 1.82) is 0 Å². The molecule has 3 aromatic rings. The zero-order valence-electron chi connectivity index (χ0n) is 11.4. The van der Waals surface area contributed by atoms with Gasteiger partial charge in [-0.15, -0.1) is 0 Å². The van der Waals surface area contributed by atoms with E-state index in [1.807, 2.05) is 77.5 Å². The van der Waals surface area contributed by atoms with Gasteiger partial charge in [0.05, 0.1) is 29.1 Å². The van der Waals surface area contributed by atoms with Crippen LogP contribution in [0.1, 0.15) is 10.4 Å². The molecule has 1 amide bonds. The van der Waals surface area contributed by atoms with Crippen LogP contribution in [0.25, 0.3) is 11.1 Å². The highest BCUT2D eigenvalue weighted by Gasteiger charge is 2.13. The number of halogens is 1. The molecule has 0 aliphatic heterocycles. The third-order valence-electron chi connectivity index (χ3n) is 3.08. The van der Waals surface area contributed by atoms with Gasteiger partial charge in [0.25, 0.3) is 5.91 Å². The Morgan fingerprint density at radius 2 is 1.77 bits per heavy atom. The van der Waals surface area contributed by atoms with E-state index in [0.717, 1.165) is 16.1 Å². The molecule has 0 radical (unpaired) electrons. The Morgan fingerprint density at radius 3 is 2.50 bits per heavy atom. The van der Waals surface area contributed by atoms with Crippen molar-refractivity contribution in [3.05, 3.63) is 66.4 Å². The second-order valence-corrected chi connectivity index (χ2v) is 6.06. The maximum atomic E-state index is 12.5. The van der Waals surface area contributed by atoms with Crippen molar-refractivity contribution in [2.45, 2.75) is 0 Å². The molecule has 1 heterocycles. The van der Waals surface area contributed by atoms with Gasteiger partial charge in [0.15, 0.2) is 5.13 Å². The number of anilines is 2. The molecule has 0 bridgehead atoms. The molecule has 2 aromatic carbocycles. The Kier molecular flexibility index (Phi) is 4.69. The molecule has 4 nitrogen and oxygen atoms in total. The van der Waals surface area contributed by atoms with Crippen LogP contribution in [0.5, 0.6) is 0 Å². The van der Waals surface area contributed by atoms with Crippen molar-refractivity contribution < 1.29 is 4.79 Å². The number of nitrogens with zero attached hydrogens (tertiary/aromatic N) is 1. The minimum absolute atomic E-state index is 0.159. The summed E-state index contributed by atoms with van der Waals surface area (Å²) in [6.45, 7) is 0. The Balaban J connectivity index is 1.90. The first-order chi connectivity index (χ1) is 10.8. The molecule has 110 valence electrons. The van der Waals surface area contributed by atoms with Gasteiger partial charge < -0.3 is 3.53 Å². The fourth-order valence-electron chi connectivity index (χ4n) is 2.09. The molecule has 0 atom stereocenters. The fourth-order valence-corrected chi connectivity index (χ4v) is 3.16. The molecule has 0 fully saturated rings. The zero-order chi connectivity index (χ0) is 15.4. The lowest BCUT2D eigenvalue weighted by atomic mass is 9.99. The molecule has 0 saturated heterocycles. The monoisotopic (exact) mass is 421 g/mol. The third-order valence-corrected chi connectivity index (χ3v) is 4.85. The summed E-state index contributed by atoms with van der Waals surface area (Å²) >= 11 is 3.43. The highest BCUT2D eigenvalue weighted by atomic mass is 127. The predicted molar refractivity (Wildman–Crippen MR) is 99.6 cm³/mol. The van der Waals surface area contributed by atoms with Crippen molar-refractivity contribution in [2.24, 2.45) is 0 Å². The minimum atomic E-state index is -0.159. The second-order valence-electron chi connectivity index (χ2n) is 4.49. The molecular weight excluding hydrogens is 409 g/mol. The number of thiazole rings is 1. The lowest BCUT2D eigenvalue weighted by Gasteiger charge is -2.09. The van der Waals surface area contributed by atoms with E-state index in [1.54, 1.807) is 6.20 Å². The highest BCUT2D eigenvalue weighted by Crippen LogP contribution is 2.27. The topological polar surface area (TPSA) is 54.0 Å². The number of amides is 1. The van der Waals surface area contributed by atoms with Crippen LogP contribution in [0.3, 0.4) is 0 Å². The van der Waals surface area contributed by atoms with Crippen LogP contribution in [0.2, 0.25) is 0 Å². The molecule has 0 spiro atoms. The molecule has 0 aliphatic carbocycles. The number of hydrogen-bond acceptors (Lipinski definition) is 4. The van der Waals surface area contributed by atoms with E-state index in [0.29, 0.717) is 10.7 Å². The average molecular weight is 421 g/mol. The van der Waals surface area contributed by atoms with Crippen molar-refractivity contribution >= 4 is 50.2 Å². The van der Waals surface area contributed by atoms with Crippen LogP contribution >= 0.6 is 34.2 Å². The smallest absolute Gasteiger partial charge is 0.258 e. The van der Waals surface area contributed by atoms with Gasteiger partial charge in [0.1, 0.15) is 5.00 Å². The lowest BCUT2D eigenvalue weighted by molar-refractivity contribution is 0.102. The van der Waals surface area contributed by atoms with Gasteiger partial charge >= 0.3 is 0 Å². The molecular formula is C16H12IN3OS. The minimum Gasteiger partial charge on any atom is -0.319 e. The van der Waals surface area contributed by atoms with Crippen LogP contribution in [-0.2, 0) is 0 Å². The van der Waals surface area contributed by atoms with Crippen molar-refractivity contribution in [1.82, 2.24) is 4.98 Å². The van der Waals surface area contributed by atoms with Crippen LogP contribution in [0.4, 0.5) is 10.1 Å². The number of hydrogen-bond donors (Lipinski definition) is 2. The number of carbonyl (C=O) groups excluding carboxylic acids is 1. The fraction of sp³-hybridized carbons (Fsp3) is 0. The van der Waals surface area contributed by atoms with Crippen molar-refractivity contribution in [2.75, 3.05) is 8.85 Å². The van der Waals surface area contributed by atoms with Gasteiger partial charge in [-0.2, -0.15) is 0 Å². The number of aromatic nitrogens is 1. The van der Waals surface area contributed by atoms with Crippen LogP contribution in [0, 0.1) is 0 Å². The van der Waals surface area contributed by atoms with Crippen molar-refractivity contribution in [3.8, 4) is 11.1 Å². The summed E-state index contributed by atoms with van der Waals surface area (Å²) in [5.74, 6) is -0.159. The number of carbonyl (C=O) groups is 1. The van der Waals surface area contributed by atoms with Crippen LogP contribution in [0.15, 0.2) is 60.8 Å². The van der Waals surface area contributed by atoms with E-state index in [4.69, 9.17) is 0 Å². The molecule has 0 saturated carbocycles. The summed E-state index contributed by atoms with van der Waals surface area (Å²) in [7, 11) is 0. The normalized spacial score (nSPS) is 10.2. The maximum Gasteiger partial charge on any atom is 0.258 e. The van der Waals surface area contributed by atoms with Gasteiger partial charge in [-0.05, 0) is 17.2 Å². The van der Waals surface area contributed by atoms with Crippen molar-refractivity contribution in [3.63, 3.8) is 0 Å². The summed E-state index contributed by atoms with van der Waals surface area (Å²) in [6, 6.07) is 17.4. The first-order valence-electron chi connectivity index (χ1n) is 6.56. The largest absolute Gasteiger partial charge is 0.319 e. The Bertz CT molecular complexity index is 789. The van der Waals surface area contributed by atoms with E-state index in [2.05, 4.69) is 13.8 Å². The summed E-state index contributed by atoms with van der Waals surface area (Å²) in [5.41, 5.74) is 2.55. The SMILES string of the molecule is O=C(Nc1ncc(NI)s1)c1ccccc1-c1ccccc1. The van der Waals surface area contributed by atoms with Gasteiger partial charge in [-0.3, -0.25) is 10.1 Å². The summed E-state index contributed by atoms with van der Waals surface area (Å²) < 4.78 is 2.97. The number of benzene rings is 2. The maximum absolute atomic E-state index is 12.5. The third kappa shape index (κ3) is 3.28. The lowest BCUT2D eigenvalue weighted by Crippen LogP contribution is -2.12. The van der Waals surface area contributed by atoms with E-state index in [-0.39, 0.29) is 5.91 Å². The number of nitrogens with one attached hydrogen (secondary N) is 2. The summed E-state index contributed by atoms with van der Waals surface area (Å²) in [6.07, 6.45) is 1.69. The van der Waals surface area contributed by atoms with E-state index in [9.17, 15) is 4.79 Å². The quantitative estimate of drug-likeness (QED) is 0.469. The molecule has 3 rings (SSSR count).